The molecular formula is C15H22N4. The van der Waals surface area contributed by atoms with Gasteiger partial charge in [-0.3, -0.25) is 4.98 Å². The van der Waals surface area contributed by atoms with Gasteiger partial charge in [0, 0.05) is 31.6 Å². The zero-order valence-corrected chi connectivity index (χ0v) is 11.8. The molecule has 0 saturated heterocycles. The number of rotatable bonds is 7. The van der Waals surface area contributed by atoms with Crippen LogP contribution in [-0.4, -0.2) is 21.1 Å². The molecule has 2 heterocycles. The van der Waals surface area contributed by atoms with E-state index < -0.39 is 0 Å². The van der Waals surface area contributed by atoms with E-state index in [1.807, 2.05) is 18.6 Å². The van der Waals surface area contributed by atoms with Crippen LogP contribution in [0, 0.1) is 0 Å². The lowest BCUT2D eigenvalue weighted by Crippen LogP contribution is -2.12. The van der Waals surface area contributed by atoms with E-state index in [4.69, 9.17) is 0 Å². The zero-order valence-electron chi connectivity index (χ0n) is 11.8. The number of pyridine rings is 1. The van der Waals surface area contributed by atoms with E-state index in [-0.39, 0.29) is 0 Å². The monoisotopic (exact) mass is 258 g/mol. The van der Waals surface area contributed by atoms with Crippen molar-refractivity contribution < 1.29 is 0 Å². The first-order valence-electron chi connectivity index (χ1n) is 6.98. The third-order valence-corrected chi connectivity index (χ3v) is 3.07. The Balaban J connectivity index is 2.00. The lowest BCUT2D eigenvalue weighted by Gasteiger charge is -2.07. The zero-order chi connectivity index (χ0) is 13.5. The van der Waals surface area contributed by atoms with Gasteiger partial charge in [-0.05, 0) is 24.6 Å². The summed E-state index contributed by atoms with van der Waals surface area (Å²) < 4.78 is 2.18. The summed E-state index contributed by atoms with van der Waals surface area (Å²) in [6.45, 7) is 6.95. The van der Waals surface area contributed by atoms with E-state index in [9.17, 15) is 0 Å². The van der Waals surface area contributed by atoms with Gasteiger partial charge in [-0.2, -0.15) is 0 Å². The van der Waals surface area contributed by atoms with Crippen molar-refractivity contribution in [1.29, 1.82) is 0 Å². The lowest BCUT2D eigenvalue weighted by atomic mass is 10.2. The van der Waals surface area contributed by atoms with Crippen molar-refractivity contribution in [1.82, 2.24) is 19.9 Å². The highest BCUT2D eigenvalue weighted by Crippen LogP contribution is 2.06. The first-order chi connectivity index (χ1) is 9.33. The van der Waals surface area contributed by atoms with Gasteiger partial charge in [-0.15, -0.1) is 0 Å². The molecule has 1 N–H and O–H groups in total. The second-order valence-electron chi connectivity index (χ2n) is 4.66. The average molecular weight is 258 g/mol. The fourth-order valence-electron chi connectivity index (χ4n) is 2.03. The quantitative estimate of drug-likeness (QED) is 0.829. The minimum Gasteiger partial charge on any atom is -0.329 e. The molecule has 2 aromatic heterocycles. The van der Waals surface area contributed by atoms with E-state index in [2.05, 4.69) is 45.8 Å². The Kier molecular flexibility index (Phi) is 5.10. The van der Waals surface area contributed by atoms with Crippen molar-refractivity contribution in [2.75, 3.05) is 6.54 Å². The van der Waals surface area contributed by atoms with Gasteiger partial charge in [0.1, 0.15) is 5.82 Å². The Labute approximate surface area is 114 Å². The standard InChI is InChI=1S/C15H22N4/c1-3-5-15-17-8-9-19(15)12-14-7-6-13(11-18-14)10-16-4-2/h6-9,11,16H,3-5,10,12H2,1-2H3. The van der Waals surface area contributed by atoms with E-state index in [0.717, 1.165) is 44.0 Å². The van der Waals surface area contributed by atoms with Gasteiger partial charge in [0.15, 0.2) is 0 Å². The molecule has 0 fully saturated rings. The van der Waals surface area contributed by atoms with Gasteiger partial charge in [0.25, 0.3) is 0 Å². The summed E-state index contributed by atoms with van der Waals surface area (Å²) in [6.07, 6.45) is 7.98. The molecule has 102 valence electrons. The molecule has 0 atom stereocenters. The number of imidazole rings is 1. The number of nitrogens with zero attached hydrogens (tertiary/aromatic N) is 3. The molecule has 4 heteroatoms. The Bertz CT molecular complexity index is 487. The van der Waals surface area contributed by atoms with E-state index in [1.54, 1.807) is 0 Å². The molecule has 0 aliphatic heterocycles. The van der Waals surface area contributed by atoms with Gasteiger partial charge < -0.3 is 9.88 Å². The Morgan fingerprint density at radius 2 is 2.11 bits per heavy atom. The van der Waals surface area contributed by atoms with E-state index in [0.29, 0.717) is 0 Å². The highest BCUT2D eigenvalue weighted by atomic mass is 15.1. The van der Waals surface area contributed by atoms with Crippen LogP contribution in [-0.2, 0) is 19.5 Å². The van der Waals surface area contributed by atoms with Crippen LogP contribution in [0.3, 0.4) is 0 Å². The maximum Gasteiger partial charge on any atom is 0.108 e. The molecule has 0 aliphatic carbocycles. The molecule has 0 radical (unpaired) electrons. The normalized spacial score (nSPS) is 10.8. The summed E-state index contributed by atoms with van der Waals surface area (Å²) >= 11 is 0. The first-order valence-corrected chi connectivity index (χ1v) is 6.98. The van der Waals surface area contributed by atoms with Crippen molar-refractivity contribution in [3.63, 3.8) is 0 Å². The van der Waals surface area contributed by atoms with Crippen molar-refractivity contribution >= 4 is 0 Å². The largest absolute Gasteiger partial charge is 0.329 e. The van der Waals surface area contributed by atoms with Crippen LogP contribution < -0.4 is 5.32 Å². The molecule has 0 aromatic carbocycles. The van der Waals surface area contributed by atoms with Gasteiger partial charge in [0.2, 0.25) is 0 Å². The smallest absolute Gasteiger partial charge is 0.108 e. The number of aromatic nitrogens is 3. The van der Waals surface area contributed by atoms with Crippen LogP contribution in [0.25, 0.3) is 0 Å². The lowest BCUT2D eigenvalue weighted by molar-refractivity contribution is 0.689. The SMILES string of the molecule is CCCc1nccn1Cc1ccc(CNCC)cn1. The van der Waals surface area contributed by atoms with Crippen molar-refractivity contribution in [2.24, 2.45) is 0 Å². The molecule has 0 saturated carbocycles. The first kappa shape index (κ1) is 13.7. The predicted octanol–water partition coefficient (Wildman–Crippen LogP) is 2.39. The fourth-order valence-corrected chi connectivity index (χ4v) is 2.03. The second kappa shape index (κ2) is 7.04. The molecule has 0 bridgehead atoms. The fraction of sp³-hybridized carbons (Fsp3) is 0.467. The van der Waals surface area contributed by atoms with Gasteiger partial charge >= 0.3 is 0 Å². The molecule has 19 heavy (non-hydrogen) atoms. The van der Waals surface area contributed by atoms with Gasteiger partial charge in [-0.1, -0.05) is 19.9 Å². The number of aryl methyl sites for hydroxylation is 1. The molecular weight excluding hydrogens is 236 g/mol. The summed E-state index contributed by atoms with van der Waals surface area (Å²) in [5.41, 5.74) is 2.31. The van der Waals surface area contributed by atoms with Crippen LogP contribution in [0.15, 0.2) is 30.7 Å². The van der Waals surface area contributed by atoms with Crippen LogP contribution in [0.2, 0.25) is 0 Å². The number of nitrogens with one attached hydrogen (secondary N) is 1. The summed E-state index contributed by atoms with van der Waals surface area (Å²) in [4.78, 5) is 8.90. The highest BCUT2D eigenvalue weighted by Gasteiger charge is 2.03. The van der Waals surface area contributed by atoms with E-state index >= 15 is 0 Å². The Hall–Kier alpha value is -1.68. The molecule has 0 aliphatic rings. The summed E-state index contributed by atoms with van der Waals surface area (Å²) in [6, 6.07) is 4.24. The molecule has 0 spiro atoms. The predicted molar refractivity (Wildman–Crippen MR) is 76.9 cm³/mol. The third-order valence-electron chi connectivity index (χ3n) is 3.07. The molecule has 2 aromatic rings. The van der Waals surface area contributed by atoms with Crippen LogP contribution >= 0.6 is 0 Å². The highest BCUT2D eigenvalue weighted by molar-refractivity contribution is 5.14. The van der Waals surface area contributed by atoms with E-state index in [1.165, 1.54) is 5.56 Å². The average Bonchev–Trinajstić information content (AvgIpc) is 2.86. The maximum atomic E-state index is 4.52. The molecule has 4 nitrogen and oxygen atoms in total. The van der Waals surface area contributed by atoms with Crippen LogP contribution in [0.4, 0.5) is 0 Å². The molecule has 0 amide bonds. The molecule has 2 rings (SSSR count). The number of hydrogen-bond donors (Lipinski definition) is 1. The van der Waals surface area contributed by atoms with Crippen molar-refractivity contribution in [2.45, 2.75) is 39.8 Å². The minimum absolute atomic E-state index is 0.802. The minimum atomic E-state index is 0.802. The van der Waals surface area contributed by atoms with Crippen LogP contribution in [0.5, 0.6) is 0 Å². The maximum absolute atomic E-state index is 4.52. The molecule has 0 unspecified atom stereocenters. The topological polar surface area (TPSA) is 42.7 Å². The third kappa shape index (κ3) is 3.89. The number of hydrogen-bond acceptors (Lipinski definition) is 3. The van der Waals surface area contributed by atoms with Crippen molar-refractivity contribution in [3.05, 3.63) is 47.8 Å². The van der Waals surface area contributed by atoms with Crippen LogP contribution in [0.1, 0.15) is 37.4 Å². The summed E-state index contributed by atoms with van der Waals surface area (Å²) in [5, 5.41) is 3.30. The van der Waals surface area contributed by atoms with Gasteiger partial charge in [-0.25, -0.2) is 4.98 Å². The Morgan fingerprint density at radius 1 is 1.21 bits per heavy atom. The van der Waals surface area contributed by atoms with Crippen molar-refractivity contribution in [3.8, 4) is 0 Å². The Morgan fingerprint density at radius 3 is 2.79 bits per heavy atom. The summed E-state index contributed by atoms with van der Waals surface area (Å²) in [5.74, 6) is 1.14. The summed E-state index contributed by atoms with van der Waals surface area (Å²) in [7, 11) is 0. The van der Waals surface area contributed by atoms with Gasteiger partial charge in [0.05, 0.1) is 12.2 Å². The second-order valence-corrected chi connectivity index (χ2v) is 4.66.